The third-order valence-electron chi connectivity index (χ3n) is 5.94. The Balaban J connectivity index is 1.59. The quantitative estimate of drug-likeness (QED) is 0.616. The maximum absolute atomic E-state index is 12.7. The number of carbonyl (C=O) groups excluding carboxylic acids is 1. The zero-order valence-electron chi connectivity index (χ0n) is 18.5. The van der Waals surface area contributed by atoms with Gasteiger partial charge in [0.05, 0.1) is 5.39 Å². The van der Waals surface area contributed by atoms with E-state index in [9.17, 15) is 4.79 Å². The number of allylic oxidation sites excluding steroid dienone is 1. The van der Waals surface area contributed by atoms with Crippen LogP contribution in [0.25, 0.3) is 16.9 Å². The van der Waals surface area contributed by atoms with Crippen molar-refractivity contribution in [2.24, 2.45) is 0 Å². The third kappa shape index (κ3) is 4.04. The van der Waals surface area contributed by atoms with Crippen molar-refractivity contribution in [3.63, 3.8) is 0 Å². The summed E-state index contributed by atoms with van der Waals surface area (Å²) >= 11 is 0. The lowest BCUT2D eigenvalue weighted by Gasteiger charge is -2.13. The number of pyridine rings is 1. The van der Waals surface area contributed by atoms with Crippen molar-refractivity contribution in [1.29, 1.82) is 0 Å². The van der Waals surface area contributed by atoms with Gasteiger partial charge in [-0.1, -0.05) is 11.6 Å². The van der Waals surface area contributed by atoms with Crippen LogP contribution in [0.15, 0.2) is 29.8 Å². The van der Waals surface area contributed by atoms with Crippen molar-refractivity contribution < 1.29 is 4.79 Å². The van der Waals surface area contributed by atoms with Gasteiger partial charge in [0.25, 0.3) is 0 Å². The Morgan fingerprint density at radius 1 is 1.13 bits per heavy atom. The maximum Gasteiger partial charge on any atom is 0.241 e. The van der Waals surface area contributed by atoms with E-state index in [0.29, 0.717) is 6.54 Å². The number of fused-ring (bicyclic) bond motifs is 1. The van der Waals surface area contributed by atoms with Crippen LogP contribution in [0.4, 0.5) is 0 Å². The summed E-state index contributed by atoms with van der Waals surface area (Å²) in [5.41, 5.74) is 6.52. The number of nitrogens with zero attached hydrogens (tertiary/aromatic N) is 4. The highest BCUT2D eigenvalue weighted by Crippen LogP contribution is 2.27. The molecule has 0 spiro atoms. The second-order valence-electron chi connectivity index (χ2n) is 8.42. The Kier molecular flexibility index (Phi) is 5.75. The number of aryl methyl sites for hydroxylation is 4. The number of hydrogen-bond acceptors (Lipinski definition) is 3. The molecule has 6 heteroatoms. The second kappa shape index (κ2) is 8.46. The van der Waals surface area contributed by atoms with Gasteiger partial charge >= 0.3 is 0 Å². The highest BCUT2D eigenvalue weighted by Gasteiger charge is 2.19. The first-order valence-electron chi connectivity index (χ1n) is 10.9. The first-order valence-corrected chi connectivity index (χ1v) is 10.9. The van der Waals surface area contributed by atoms with Crippen LogP contribution in [-0.2, 0) is 11.3 Å². The number of amides is 1. The molecule has 0 aliphatic heterocycles. The van der Waals surface area contributed by atoms with E-state index >= 15 is 0 Å². The lowest BCUT2D eigenvalue weighted by molar-refractivity contribution is -0.121. The van der Waals surface area contributed by atoms with E-state index in [4.69, 9.17) is 10.1 Å². The highest BCUT2D eigenvalue weighted by atomic mass is 16.2. The molecule has 3 aromatic heterocycles. The fourth-order valence-electron chi connectivity index (χ4n) is 4.45. The molecule has 3 aromatic rings. The zero-order valence-corrected chi connectivity index (χ0v) is 18.5. The van der Waals surface area contributed by atoms with Crippen molar-refractivity contribution in [3.8, 4) is 5.82 Å². The highest BCUT2D eigenvalue weighted by molar-refractivity contribution is 5.88. The fourth-order valence-corrected chi connectivity index (χ4v) is 4.45. The number of rotatable bonds is 6. The van der Waals surface area contributed by atoms with Crippen molar-refractivity contribution in [3.05, 3.63) is 52.5 Å². The van der Waals surface area contributed by atoms with Crippen LogP contribution in [0.1, 0.15) is 54.7 Å². The van der Waals surface area contributed by atoms with Crippen molar-refractivity contribution in [2.45, 2.75) is 66.3 Å². The topological polar surface area (TPSA) is 64.7 Å². The molecule has 4 rings (SSSR count). The molecule has 0 saturated carbocycles. The summed E-state index contributed by atoms with van der Waals surface area (Å²) in [6.45, 7) is 9.05. The summed E-state index contributed by atoms with van der Waals surface area (Å²) in [4.78, 5) is 17.4. The lowest BCUT2D eigenvalue weighted by atomic mass is 9.97. The normalized spacial score (nSPS) is 14.2. The van der Waals surface area contributed by atoms with Gasteiger partial charge in [-0.25, -0.2) is 9.67 Å². The molecule has 0 saturated heterocycles. The molecular formula is C24H31N5O. The van der Waals surface area contributed by atoms with E-state index in [2.05, 4.69) is 54.9 Å². The Labute approximate surface area is 178 Å². The molecule has 1 aliphatic rings. The molecular weight excluding hydrogens is 374 g/mol. The Bertz CT molecular complexity index is 1100. The minimum Gasteiger partial charge on any atom is -0.354 e. The summed E-state index contributed by atoms with van der Waals surface area (Å²) in [7, 11) is 0. The summed E-state index contributed by atoms with van der Waals surface area (Å²) in [5.74, 6) is 0.819. The smallest absolute Gasteiger partial charge is 0.241 e. The van der Waals surface area contributed by atoms with Gasteiger partial charge < -0.3 is 9.88 Å². The van der Waals surface area contributed by atoms with Crippen LogP contribution in [0, 0.1) is 27.7 Å². The maximum atomic E-state index is 12.7. The molecule has 30 heavy (non-hydrogen) atoms. The lowest BCUT2D eigenvalue weighted by Crippen LogP contribution is -2.29. The van der Waals surface area contributed by atoms with Crippen molar-refractivity contribution >= 4 is 16.9 Å². The van der Waals surface area contributed by atoms with Crippen LogP contribution in [0.5, 0.6) is 0 Å². The van der Waals surface area contributed by atoms with E-state index in [1.807, 2.05) is 6.92 Å². The van der Waals surface area contributed by atoms with E-state index in [-0.39, 0.29) is 12.5 Å². The summed E-state index contributed by atoms with van der Waals surface area (Å²) in [5, 5.41) is 8.91. The molecule has 0 fully saturated rings. The van der Waals surface area contributed by atoms with Gasteiger partial charge in [0, 0.05) is 23.6 Å². The van der Waals surface area contributed by atoms with Crippen LogP contribution in [0.3, 0.4) is 0 Å². The van der Waals surface area contributed by atoms with Gasteiger partial charge in [0.15, 0.2) is 11.5 Å². The predicted molar refractivity (Wildman–Crippen MR) is 120 cm³/mol. The molecule has 0 bridgehead atoms. The predicted octanol–water partition coefficient (Wildman–Crippen LogP) is 4.46. The van der Waals surface area contributed by atoms with Gasteiger partial charge in [-0.05, 0) is 83.6 Å². The van der Waals surface area contributed by atoms with E-state index in [0.717, 1.165) is 45.9 Å². The number of hydrogen-bond donors (Lipinski definition) is 1. The monoisotopic (exact) mass is 405 g/mol. The van der Waals surface area contributed by atoms with Gasteiger partial charge in [0.2, 0.25) is 5.91 Å². The standard InChI is InChI=1S/C24H31N5O/c1-16-14-17(2)26-23-22(16)24(29-18(3)10-11-19(29)4)27-28(23)15-21(30)25-13-12-20-8-6-5-7-9-20/h8,10-11,14H,5-7,9,12-13,15H2,1-4H3,(H,25,30). The van der Waals surface area contributed by atoms with Gasteiger partial charge in [-0.15, -0.1) is 0 Å². The Hall–Kier alpha value is -2.89. The van der Waals surface area contributed by atoms with Crippen molar-refractivity contribution in [2.75, 3.05) is 6.54 Å². The Morgan fingerprint density at radius 3 is 2.60 bits per heavy atom. The minimum atomic E-state index is -0.0238. The zero-order chi connectivity index (χ0) is 21.3. The largest absolute Gasteiger partial charge is 0.354 e. The number of aromatic nitrogens is 4. The van der Waals surface area contributed by atoms with Crippen LogP contribution in [-0.4, -0.2) is 31.8 Å². The van der Waals surface area contributed by atoms with Crippen LogP contribution < -0.4 is 5.32 Å². The fraction of sp³-hybridized carbons (Fsp3) is 0.458. The molecule has 6 nitrogen and oxygen atoms in total. The summed E-state index contributed by atoms with van der Waals surface area (Å²) < 4.78 is 3.88. The van der Waals surface area contributed by atoms with Crippen molar-refractivity contribution in [1.82, 2.24) is 24.6 Å². The number of nitrogens with one attached hydrogen (secondary N) is 1. The molecule has 0 atom stereocenters. The second-order valence-corrected chi connectivity index (χ2v) is 8.42. The van der Waals surface area contributed by atoms with E-state index < -0.39 is 0 Å². The SMILES string of the molecule is Cc1cc(C)c2c(-n3c(C)ccc3C)nn(CC(=O)NCCC3=CCCCC3)c2n1. The molecule has 3 heterocycles. The van der Waals surface area contributed by atoms with Gasteiger partial charge in [-0.3, -0.25) is 4.79 Å². The first kappa shape index (κ1) is 20.4. The van der Waals surface area contributed by atoms with Gasteiger partial charge in [-0.2, -0.15) is 5.10 Å². The van der Waals surface area contributed by atoms with E-state index in [1.54, 1.807) is 4.68 Å². The molecule has 0 unspecified atom stereocenters. The first-order chi connectivity index (χ1) is 14.4. The minimum absolute atomic E-state index is 0.0238. The molecule has 1 aliphatic carbocycles. The third-order valence-corrected chi connectivity index (χ3v) is 5.94. The average molecular weight is 406 g/mol. The van der Waals surface area contributed by atoms with Crippen LogP contribution in [0.2, 0.25) is 0 Å². The van der Waals surface area contributed by atoms with Crippen LogP contribution >= 0.6 is 0 Å². The van der Waals surface area contributed by atoms with E-state index in [1.165, 1.54) is 31.3 Å². The Morgan fingerprint density at radius 2 is 1.90 bits per heavy atom. The summed E-state index contributed by atoms with van der Waals surface area (Å²) in [6.07, 6.45) is 8.17. The molecule has 0 aromatic carbocycles. The molecule has 0 radical (unpaired) electrons. The molecule has 1 N–H and O–H groups in total. The van der Waals surface area contributed by atoms with Gasteiger partial charge in [0.1, 0.15) is 6.54 Å². The molecule has 1 amide bonds. The number of carbonyl (C=O) groups is 1. The summed E-state index contributed by atoms with van der Waals surface area (Å²) in [6, 6.07) is 6.25. The molecule has 158 valence electrons. The average Bonchev–Trinajstić information content (AvgIpc) is 3.22.